The highest BCUT2D eigenvalue weighted by Crippen LogP contribution is 2.46. The zero-order valence-corrected chi connectivity index (χ0v) is 42.2. The summed E-state index contributed by atoms with van der Waals surface area (Å²) in [5.74, 6) is -1.93. The van der Waals surface area contributed by atoms with E-state index in [0.29, 0.717) is 12.8 Å². The molecule has 0 aromatic rings. The molecule has 0 aromatic carbocycles. The van der Waals surface area contributed by atoms with Crippen molar-refractivity contribution in [3.8, 4) is 0 Å². The van der Waals surface area contributed by atoms with Crippen molar-refractivity contribution in [2.24, 2.45) is 0 Å². The van der Waals surface area contributed by atoms with Crippen LogP contribution in [0.25, 0.3) is 0 Å². The summed E-state index contributed by atoms with van der Waals surface area (Å²) in [5, 5.41) is 18.6. The van der Waals surface area contributed by atoms with Gasteiger partial charge in [0, 0.05) is 19.3 Å². The second kappa shape index (κ2) is 42.8. The standard InChI is InChI=1S/C52H98NO9P/c1-6-8-10-12-14-16-18-20-21-22-23-24-25-26-27-28-29-31-32-34-36-38-40-42-51(56)60-46-49(47-61-63(58,59)48(3)53(4,5)45-44-50(54)55)62-52(57)43-41-39-37-35-33-30-19-17-15-13-11-9-7-2/h18,20,32-35,48-50,54-55H,6-17,19,21-31,36-47H2,1-5H3/b20-18-,34-32-,35-33-/t48?,49-/m1/s1. The minimum absolute atomic E-state index is 0.00281. The number of esters is 2. The number of carbonyl (C=O) groups is 2. The number of aliphatic hydroxyl groups is 2. The Kier molecular flexibility index (Phi) is 41.6. The van der Waals surface area contributed by atoms with Crippen LogP contribution >= 0.6 is 7.60 Å². The molecular weight excluding hydrogens is 814 g/mol. The van der Waals surface area contributed by atoms with Crippen LogP contribution in [0.5, 0.6) is 0 Å². The molecule has 11 heteroatoms. The molecule has 3 atom stereocenters. The lowest BCUT2D eigenvalue weighted by molar-refractivity contribution is -0.902. The van der Waals surface area contributed by atoms with Gasteiger partial charge in [0.25, 0.3) is 0 Å². The van der Waals surface area contributed by atoms with Gasteiger partial charge < -0.3 is 38.2 Å². The van der Waals surface area contributed by atoms with E-state index in [0.717, 1.165) is 38.5 Å². The second-order valence-corrected chi connectivity index (χ2v) is 20.5. The zero-order valence-electron chi connectivity index (χ0n) is 41.3. The fourth-order valence-electron chi connectivity index (χ4n) is 7.37. The Balaban J connectivity index is 4.48. The van der Waals surface area contributed by atoms with Crippen LogP contribution in [0.2, 0.25) is 0 Å². The van der Waals surface area contributed by atoms with E-state index in [2.05, 4.69) is 50.3 Å². The van der Waals surface area contributed by atoms with Crippen LogP contribution in [0.15, 0.2) is 36.5 Å². The molecule has 0 saturated heterocycles. The normalized spacial score (nSPS) is 14.3. The number of carbonyl (C=O) groups excluding carboxylic acids is 2. The number of allylic oxidation sites excluding steroid dienone is 6. The zero-order chi connectivity index (χ0) is 46.7. The third-order valence-electron chi connectivity index (χ3n) is 12.0. The Morgan fingerprint density at radius 2 is 0.905 bits per heavy atom. The summed E-state index contributed by atoms with van der Waals surface area (Å²) in [6, 6.07) is 0. The molecule has 63 heavy (non-hydrogen) atoms. The lowest BCUT2D eigenvalue weighted by Gasteiger charge is -2.42. The SMILES string of the molecule is CCCCCCC/C=C\CCCCCCCCCC/C=C\CCCCC(=O)OC[C@H](COP(=O)([O-])C(C)[N+](C)(C)CCC(O)O)OC(=O)CCCC/C=C\CCCCCCCCC. The summed E-state index contributed by atoms with van der Waals surface area (Å²) < 4.78 is 29.6. The maximum atomic E-state index is 13.2. The summed E-state index contributed by atoms with van der Waals surface area (Å²) in [5.41, 5.74) is 0. The molecule has 2 unspecified atom stereocenters. The first-order chi connectivity index (χ1) is 30.4. The van der Waals surface area contributed by atoms with Crippen molar-refractivity contribution >= 4 is 19.5 Å². The number of hydrogen-bond donors (Lipinski definition) is 2. The first-order valence-electron chi connectivity index (χ1n) is 25.8. The maximum Gasteiger partial charge on any atom is 0.306 e. The average Bonchev–Trinajstić information content (AvgIpc) is 3.25. The Labute approximate surface area is 387 Å². The van der Waals surface area contributed by atoms with Gasteiger partial charge in [-0.25, -0.2) is 0 Å². The van der Waals surface area contributed by atoms with Crippen LogP contribution in [0.3, 0.4) is 0 Å². The number of aliphatic hydroxyl groups excluding tert-OH is 1. The fourth-order valence-corrected chi connectivity index (χ4v) is 8.84. The van der Waals surface area contributed by atoms with Gasteiger partial charge in [-0.15, -0.1) is 0 Å². The molecule has 370 valence electrons. The fraction of sp³-hybridized carbons (Fsp3) is 0.846. The van der Waals surface area contributed by atoms with Gasteiger partial charge in [-0.05, 0) is 96.8 Å². The van der Waals surface area contributed by atoms with E-state index in [-0.39, 0.29) is 36.9 Å². The highest BCUT2D eigenvalue weighted by Gasteiger charge is 2.35. The highest BCUT2D eigenvalue weighted by atomic mass is 31.2. The van der Waals surface area contributed by atoms with Crippen LogP contribution in [0.4, 0.5) is 0 Å². The van der Waals surface area contributed by atoms with Gasteiger partial charge in [-0.1, -0.05) is 153 Å². The van der Waals surface area contributed by atoms with Crippen molar-refractivity contribution in [1.82, 2.24) is 0 Å². The van der Waals surface area contributed by atoms with E-state index in [1.54, 1.807) is 14.1 Å². The highest BCUT2D eigenvalue weighted by molar-refractivity contribution is 7.51. The van der Waals surface area contributed by atoms with E-state index >= 15 is 0 Å². The number of nitrogens with zero attached hydrogens (tertiary/aromatic N) is 1. The number of hydrogen-bond acceptors (Lipinski definition) is 9. The van der Waals surface area contributed by atoms with Crippen molar-refractivity contribution in [3.05, 3.63) is 36.5 Å². The number of ether oxygens (including phenoxy) is 2. The Bertz CT molecular complexity index is 1200. The van der Waals surface area contributed by atoms with Gasteiger partial charge in [-0.2, -0.15) is 0 Å². The van der Waals surface area contributed by atoms with Crippen molar-refractivity contribution in [2.45, 2.75) is 251 Å². The molecular formula is C52H98NO9P. The number of quaternary nitrogens is 1. The molecule has 0 radical (unpaired) electrons. The molecule has 0 rings (SSSR count). The molecule has 0 amide bonds. The molecule has 0 bridgehead atoms. The molecule has 0 saturated carbocycles. The molecule has 0 aromatic heterocycles. The summed E-state index contributed by atoms with van der Waals surface area (Å²) in [4.78, 5) is 38.6. The molecule has 0 aliphatic carbocycles. The predicted octanol–water partition coefficient (Wildman–Crippen LogP) is 13.3. The molecule has 0 spiro atoms. The summed E-state index contributed by atoms with van der Waals surface area (Å²) in [6.07, 6.45) is 47.0. The lowest BCUT2D eigenvalue weighted by Crippen LogP contribution is -2.50. The first kappa shape index (κ1) is 61.2. The van der Waals surface area contributed by atoms with Crippen molar-refractivity contribution in [2.75, 3.05) is 33.9 Å². The largest absolute Gasteiger partial charge is 0.774 e. The molecule has 0 aliphatic heterocycles. The molecule has 2 N–H and O–H groups in total. The topological polar surface area (TPSA) is 142 Å². The molecule has 10 nitrogen and oxygen atoms in total. The Morgan fingerprint density at radius 3 is 1.29 bits per heavy atom. The van der Waals surface area contributed by atoms with E-state index in [1.807, 2.05) is 0 Å². The van der Waals surface area contributed by atoms with Crippen molar-refractivity contribution in [3.63, 3.8) is 0 Å². The van der Waals surface area contributed by atoms with E-state index in [1.165, 1.54) is 148 Å². The summed E-state index contributed by atoms with van der Waals surface area (Å²) >= 11 is 0. The van der Waals surface area contributed by atoms with E-state index < -0.39 is 44.3 Å². The third-order valence-corrected chi connectivity index (χ3v) is 14.1. The van der Waals surface area contributed by atoms with Crippen LogP contribution in [-0.4, -0.2) is 78.7 Å². The monoisotopic (exact) mass is 912 g/mol. The maximum absolute atomic E-state index is 13.2. The Hall–Kier alpha value is -1.81. The first-order valence-corrected chi connectivity index (χ1v) is 27.4. The summed E-state index contributed by atoms with van der Waals surface area (Å²) in [7, 11) is -1.17. The van der Waals surface area contributed by atoms with Crippen LogP contribution in [0.1, 0.15) is 233 Å². The predicted molar refractivity (Wildman–Crippen MR) is 260 cm³/mol. The number of rotatable bonds is 46. The van der Waals surface area contributed by atoms with E-state index in [4.69, 9.17) is 14.0 Å². The van der Waals surface area contributed by atoms with Gasteiger partial charge in [0.05, 0.1) is 27.2 Å². The minimum Gasteiger partial charge on any atom is -0.774 e. The quantitative estimate of drug-likeness (QED) is 0.0152. The second-order valence-electron chi connectivity index (χ2n) is 18.5. The lowest BCUT2D eigenvalue weighted by atomic mass is 10.1. The van der Waals surface area contributed by atoms with Crippen molar-refractivity contribution < 1.29 is 47.7 Å². The molecule has 0 fully saturated rings. The molecule has 0 aliphatic rings. The number of unbranched alkanes of at least 4 members (excludes halogenated alkanes) is 25. The van der Waals surface area contributed by atoms with Gasteiger partial charge in [-0.3, -0.25) is 9.59 Å². The van der Waals surface area contributed by atoms with Crippen LogP contribution in [0, 0.1) is 0 Å². The van der Waals surface area contributed by atoms with Gasteiger partial charge in [0.1, 0.15) is 12.4 Å². The van der Waals surface area contributed by atoms with E-state index in [9.17, 15) is 29.3 Å². The van der Waals surface area contributed by atoms with Gasteiger partial charge >= 0.3 is 11.9 Å². The smallest absolute Gasteiger partial charge is 0.306 e. The van der Waals surface area contributed by atoms with Crippen LogP contribution in [-0.2, 0) is 28.2 Å². The third kappa shape index (κ3) is 40.2. The average molecular weight is 912 g/mol. The molecule has 0 heterocycles. The van der Waals surface area contributed by atoms with Crippen molar-refractivity contribution in [1.29, 1.82) is 0 Å². The van der Waals surface area contributed by atoms with Gasteiger partial charge in [0.2, 0.25) is 0 Å². The summed E-state index contributed by atoms with van der Waals surface area (Å²) in [6.45, 7) is 5.41. The van der Waals surface area contributed by atoms with Gasteiger partial charge in [0.15, 0.2) is 20.0 Å². The minimum atomic E-state index is -4.50. The Morgan fingerprint density at radius 1 is 0.556 bits per heavy atom. The van der Waals surface area contributed by atoms with Crippen LogP contribution < -0.4 is 4.89 Å².